The smallest absolute Gasteiger partial charge is 0.262 e. The van der Waals surface area contributed by atoms with Crippen molar-refractivity contribution in [3.8, 4) is 17.2 Å². The molecule has 4 rings (SSSR count). The molecule has 4 aromatic rings. The van der Waals surface area contributed by atoms with E-state index in [2.05, 4.69) is 31.2 Å². The molecule has 1 N–H and O–H groups in total. The normalized spacial score (nSPS) is 10.9. The summed E-state index contributed by atoms with van der Waals surface area (Å²) < 4.78 is 12.2. The molecular formula is C22H17BrClN3O3. The highest BCUT2D eigenvalue weighted by Crippen LogP contribution is 2.30. The van der Waals surface area contributed by atoms with Gasteiger partial charge in [-0.3, -0.25) is 9.78 Å². The maximum Gasteiger partial charge on any atom is 0.262 e. The Balaban J connectivity index is 1.47. The van der Waals surface area contributed by atoms with E-state index >= 15 is 0 Å². The van der Waals surface area contributed by atoms with Crippen molar-refractivity contribution in [1.29, 1.82) is 0 Å². The van der Waals surface area contributed by atoms with Gasteiger partial charge in [0.05, 0.1) is 10.6 Å². The van der Waals surface area contributed by atoms with Crippen molar-refractivity contribution in [3.05, 3.63) is 69.4 Å². The van der Waals surface area contributed by atoms with Gasteiger partial charge in [-0.25, -0.2) is 4.98 Å². The largest absolute Gasteiger partial charge is 0.482 e. The molecule has 0 saturated carbocycles. The van der Waals surface area contributed by atoms with E-state index in [-0.39, 0.29) is 12.5 Å². The first-order valence-electron chi connectivity index (χ1n) is 9.10. The van der Waals surface area contributed by atoms with Crippen LogP contribution in [0.1, 0.15) is 11.1 Å². The summed E-state index contributed by atoms with van der Waals surface area (Å²) in [5, 5.41) is 3.29. The van der Waals surface area contributed by atoms with Crippen LogP contribution in [-0.2, 0) is 4.79 Å². The van der Waals surface area contributed by atoms with Gasteiger partial charge < -0.3 is 14.5 Å². The first-order chi connectivity index (χ1) is 14.4. The van der Waals surface area contributed by atoms with Gasteiger partial charge in [0.2, 0.25) is 5.89 Å². The molecule has 0 fully saturated rings. The fraction of sp³-hybridized carbons (Fsp3) is 0.136. The van der Waals surface area contributed by atoms with Gasteiger partial charge in [-0.05, 0) is 71.2 Å². The average molecular weight is 487 g/mol. The summed E-state index contributed by atoms with van der Waals surface area (Å²) in [6.45, 7) is 3.69. The van der Waals surface area contributed by atoms with Crippen LogP contribution in [0.3, 0.4) is 0 Å². The van der Waals surface area contributed by atoms with Crippen molar-refractivity contribution in [2.75, 3.05) is 11.9 Å². The van der Waals surface area contributed by atoms with Crippen LogP contribution in [0, 0.1) is 13.8 Å². The lowest BCUT2D eigenvalue weighted by molar-refractivity contribution is -0.118. The number of aryl methyl sites for hydroxylation is 2. The van der Waals surface area contributed by atoms with Crippen molar-refractivity contribution in [3.63, 3.8) is 0 Å². The average Bonchev–Trinajstić information content (AvgIpc) is 3.10. The molecule has 2 aromatic heterocycles. The number of halogens is 2. The number of oxazole rings is 1. The molecule has 0 unspecified atom stereocenters. The first-order valence-corrected chi connectivity index (χ1v) is 10.3. The lowest BCUT2D eigenvalue weighted by Crippen LogP contribution is -2.20. The van der Waals surface area contributed by atoms with Crippen LogP contribution >= 0.6 is 27.5 Å². The number of nitrogens with zero attached hydrogens (tertiary/aromatic N) is 2. The maximum atomic E-state index is 12.3. The van der Waals surface area contributed by atoms with E-state index in [0.29, 0.717) is 33.4 Å². The zero-order valence-corrected chi connectivity index (χ0v) is 18.5. The Morgan fingerprint density at radius 3 is 2.80 bits per heavy atom. The number of hydrogen-bond acceptors (Lipinski definition) is 5. The van der Waals surface area contributed by atoms with E-state index in [1.807, 2.05) is 26.0 Å². The van der Waals surface area contributed by atoms with E-state index in [1.165, 1.54) is 0 Å². The molecule has 0 radical (unpaired) electrons. The Labute approximate surface area is 186 Å². The summed E-state index contributed by atoms with van der Waals surface area (Å²) in [6.07, 6.45) is 3.36. The third kappa shape index (κ3) is 4.47. The maximum absolute atomic E-state index is 12.3. The number of aromatic nitrogens is 2. The minimum absolute atomic E-state index is 0.157. The number of hydrogen-bond donors (Lipinski definition) is 1. The van der Waals surface area contributed by atoms with Crippen LogP contribution in [0.25, 0.3) is 22.6 Å². The summed E-state index contributed by atoms with van der Waals surface area (Å²) in [4.78, 5) is 21.0. The first kappa shape index (κ1) is 20.4. The summed E-state index contributed by atoms with van der Waals surface area (Å²) in [7, 11) is 0. The van der Waals surface area contributed by atoms with Gasteiger partial charge in [0, 0.05) is 22.6 Å². The number of benzene rings is 2. The number of nitrogens with one attached hydrogen (secondary N) is 1. The molecule has 152 valence electrons. The monoisotopic (exact) mass is 485 g/mol. The van der Waals surface area contributed by atoms with Crippen LogP contribution in [0.2, 0.25) is 5.02 Å². The van der Waals surface area contributed by atoms with Crippen LogP contribution in [0.15, 0.2) is 57.7 Å². The molecule has 30 heavy (non-hydrogen) atoms. The second-order valence-corrected chi connectivity index (χ2v) is 8.15. The van der Waals surface area contributed by atoms with Crippen molar-refractivity contribution >= 4 is 50.2 Å². The van der Waals surface area contributed by atoms with Crippen molar-refractivity contribution in [2.24, 2.45) is 0 Å². The second-order valence-electron chi connectivity index (χ2n) is 6.82. The molecule has 0 atom stereocenters. The molecule has 0 saturated heterocycles. The van der Waals surface area contributed by atoms with Crippen molar-refractivity contribution in [1.82, 2.24) is 9.97 Å². The predicted molar refractivity (Wildman–Crippen MR) is 120 cm³/mol. The third-order valence-electron chi connectivity index (χ3n) is 4.34. The topological polar surface area (TPSA) is 77.2 Å². The number of amides is 1. The summed E-state index contributed by atoms with van der Waals surface area (Å²) in [6, 6.07) is 10.9. The Kier molecular flexibility index (Phi) is 5.74. The summed E-state index contributed by atoms with van der Waals surface area (Å²) in [5.74, 6) is 0.664. The predicted octanol–water partition coefficient (Wildman–Crippen LogP) is 5.94. The molecule has 8 heteroatoms. The Bertz CT molecular complexity index is 1230. The van der Waals surface area contributed by atoms with Gasteiger partial charge in [0.25, 0.3) is 5.91 Å². The molecule has 6 nitrogen and oxygen atoms in total. The minimum Gasteiger partial charge on any atom is -0.482 e. The molecule has 2 heterocycles. The SMILES string of the molecule is Cc1cc(C)c(OCC(=O)Nc2ccc3oc(-c4cncc(Br)c4)nc3c2)c(Cl)c1. The number of pyridine rings is 1. The number of anilines is 1. The summed E-state index contributed by atoms with van der Waals surface area (Å²) in [5.41, 5.74) is 4.50. The number of rotatable bonds is 5. The highest BCUT2D eigenvalue weighted by Gasteiger charge is 2.12. The Hall–Kier alpha value is -2.90. The molecule has 0 aliphatic rings. The van der Waals surface area contributed by atoms with Crippen LogP contribution < -0.4 is 10.1 Å². The fourth-order valence-corrected chi connectivity index (χ4v) is 3.82. The number of carbonyl (C=O) groups is 1. The number of carbonyl (C=O) groups excluding carboxylic acids is 1. The standard InChI is InChI=1S/C22H17BrClN3O3/c1-12-5-13(2)21(17(24)6-12)29-11-20(28)26-16-3-4-19-18(8-16)27-22(30-19)14-7-15(23)10-25-9-14/h3-10H,11H2,1-2H3,(H,26,28). The van der Waals surface area contributed by atoms with E-state index in [1.54, 1.807) is 36.7 Å². The third-order valence-corrected chi connectivity index (χ3v) is 5.06. The van der Waals surface area contributed by atoms with Gasteiger partial charge in [-0.2, -0.15) is 0 Å². The fourth-order valence-electron chi connectivity index (χ4n) is 3.08. The van der Waals surface area contributed by atoms with Gasteiger partial charge in [-0.1, -0.05) is 17.7 Å². The number of fused-ring (bicyclic) bond motifs is 1. The van der Waals surface area contributed by atoms with Crippen LogP contribution in [-0.4, -0.2) is 22.5 Å². The molecule has 0 bridgehead atoms. The minimum atomic E-state index is -0.301. The molecule has 0 aliphatic heterocycles. The Morgan fingerprint density at radius 2 is 2.03 bits per heavy atom. The van der Waals surface area contributed by atoms with E-state index in [4.69, 9.17) is 20.8 Å². The number of ether oxygens (including phenoxy) is 1. The molecule has 0 spiro atoms. The Morgan fingerprint density at radius 1 is 1.20 bits per heavy atom. The van der Waals surface area contributed by atoms with Crippen LogP contribution in [0.4, 0.5) is 5.69 Å². The highest BCUT2D eigenvalue weighted by atomic mass is 79.9. The summed E-state index contributed by atoms with van der Waals surface area (Å²) >= 11 is 9.61. The van der Waals surface area contributed by atoms with Gasteiger partial charge in [0.1, 0.15) is 11.3 Å². The molecule has 0 aliphatic carbocycles. The van der Waals surface area contributed by atoms with Gasteiger partial charge in [-0.15, -0.1) is 0 Å². The lowest BCUT2D eigenvalue weighted by atomic mass is 10.1. The van der Waals surface area contributed by atoms with E-state index in [9.17, 15) is 4.79 Å². The van der Waals surface area contributed by atoms with Crippen molar-refractivity contribution < 1.29 is 13.9 Å². The zero-order valence-electron chi connectivity index (χ0n) is 16.2. The van der Waals surface area contributed by atoms with Crippen LogP contribution in [0.5, 0.6) is 5.75 Å². The highest BCUT2D eigenvalue weighted by molar-refractivity contribution is 9.10. The molecule has 1 amide bonds. The van der Waals surface area contributed by atoms with Crippen molar-refractivity contribution in [2.45, 2.75) is 13.8 Å². The molecular weight excluding hydrogens is 470 g/mol. The van der Waals surface area contributed by atoms with E-state index in [0.717, 1.165) is 21.2 Å². The molecule has 2 aromatic carbocycles. The lowest BCUT2D eigenvalue weighted by Gasteiger charge is -2.12. The van der Waals surface area contributed by atoms with E-state index < -0.39 is 0 Å². The second kappa shape index (κ2) is 8.45. The van der Waals surface area contributed by atoms with Gasteiger partial charge in [0.15, 0.2) is 12.2 Å². The quantitative estimate of drug-likeness (QED) is 0.378. The van der Waals surface area contributed by atoms with Gasteiger partial charge >= 0.3 is 0 Å². The zero-order chi connectivity index (χ0) is 21.3.